The monoisotopic (exact) mass is 270 g/mol. The molecule has 0 radical (unpaired) electrons. The lowest BCUT2D eigenvalue weighted by Crippen LogP contribution is -2.24. The second kappa shape index (κ2) is 7.06. The molecule has 0 fully saturated rings. The van der Waals surface area contributed by atoms with Crippen LogP contribution in [0.25, 0.3) is 0 Å². The number of ether oxygens (including phenoxy) is 1. The number of aryl methyl sites for hydroxylation is 1. The van der Waals surface area contributed by atoms with E-state index >= 15 is 0 Å². The van der Waals surface area contributed by atoms with Crippen LogP contribution in [-0.2, 0) is 0 Å². The van der Waals surface area contributed by atoms with Gasteiger partial charge in [0.1, 0.15) is 5.75 Å². The van der Waals surface area contributed by atoms with E-state index in [2.05, 4.69) is 42.3 Å². The van der Waals surface area contributed by atoms with Gasteiger partial charge in [-0.1, -0.05) is 19.1 Å². The Morgan fingerprint density at radius 3 is 2.85 bits per heavy atom. The summed E-state index contributed by atoms with van der Waals surface area (Å²) < 4.78 is 5.33. The number of nitrogens with one attached hydrogen (secondary N) is 1. The van der Waals surface area contributed by atoms with Crippen molar-refractivity contribution in [1.29, 1.82) is 0 Å². The van der Waals surface area contributed by atoms with Crippen molar-refractivity contribution in [3.8, 4) is 5.75 Å². The molecule has 3 nitrogen and oxygen atoms in total. The van der Waals surface area contributed by atoms with Crippen LogP contribution in [-0.4, -0.2) is 18.6 Å². The maximum Gasteiger partial charge on any atom is 0.119 e. The number of benzene rings is 1. The van der Waals surface area contributed by atoms with E-state index < -0.39 is 0 Å². The predicted octanol–water partition coefficient (Wildman–Crippen LogP) is 3.49. The Kier molecular flexibility index (Phi) is 5.13. The normalized spacial score (nSPS) is 12.2. The molecule has 0 amide bonds. The first-order valence-corrected chi connectivity index (χ1v) is 7.04. The highest BCUT2D eigenvalue weighted by Gasteiger charge is 2.16. The molecule has 0 bridgehead atoms. The van der Waals surface area contributed by atoms with Crippen molar-refractivity contribution in [2.75, 3.05) is 13.7 Å². The van der Waals surface area contributed by atoms with Crippen molar-refractivity contribution in [2.45, 2.75) is 26.3 Å². The summed E-state index contributed by atoms with van der Waals surface area (Å²) in [6.07, 6.45) is 4.88. The first-order chi connectivity index (χ1) is 9.76. The van der Waals surface area contributed by atoms with Crippen LogP contribution in [0.4, 0.5) is 0 Å². The summed E-state index contributed by atoms with van der Waals surface area (Å²) in [6.45, 7) is 5.26. The highest BCUT2D eigenvalue weighted by atomic mass is 16.5. The summed E-state index contributed by atoms with van der Waals surface area (Å²) in [7, 11) is 1.70. The minimum Gasteiger partial charge on any atom is -0.497 e. The lowest BCUT2D eigenvalue weighted by Gasteiger charge is -2.21. The van der Waals surface area contributed by atoms with Crippen LogP contribution in [0.2, 0.25) is 0 Å². The molecule has 0 aliphatic heterocycles. The van der Waals surface area contributed by atoms with Gasteiger partial charge in [-0.05, 0) is 54.8 Å². The molecule has 0 aliphatic rings. The number of hydrogen-bond acceptors (Lipinski definition) is 3. The third-order valence-electron chi connectivity index (χ3n) is 3.42. The smallest absolute Gasteiger partial charge is 0.119 e. The average Bonchev–Trinajstić information content (AvgIpc) is 2.49. The fraction of sp³-hybridized carbons (Fsp3) is 0.353. The number of methoxy groups -OCH3 is 1. The van der Waals surface area contributed by atoms with Gasteiger partial charge in [-0.15, -0.1) is 0 Å². The molecule has 1 unspecified atom stereocenters. The first kappa shape index (κ1) is 14.5. The zero-order chi connectivity index (χ0) is 14.4. The second-order valence-electron chi connectivity index (χ2n) is 4.90. The van der Waals surface area contributed by atoms with Gasteiger partial charge in [0.15, 0.2) is 0 Å². The van der Waals surface area contributed by atoms with Crippen LogP contribution in [0, 0.1) is 6.92 Å². The Labute approximate surface area is 121 Å². The Morgan fingerprint density at radius 2 is 2.15 bits per heavy atom. The Bertz CT molecular complexity index is 554. The van der Waals surface area contributed by atoms with E-state index in [4.69, 9.17) is 4.74 Å². The van der Waals surface area contributed by atoms with E-state index in [-0.39, 0.29) is 6.04 Å². The van der Waals surface area contributed by atoms with E-state index in [0.717, 1.165) is 18.7 Å². The molecule has 2 rings (SSSR count). The van der Waals surface area contributed by atoms with Crippen LogP contribution in [0.5, 0.6) is 5.75 Å². The highest BCUT2D eigenvalue weighted by Crippen LogP contribution is 2.26. The summed E-state index contributed by atoms with van der Waals surface area (Å²) in [6, 6.07) is 10.4. The summed E-state index contributed by atoms with van der Waals surface area (Å²) >= 11 is 0. The maximum absolute atomic E-state index is 5.33. The molecule has 2 aromatic rings. The van der Waals surface area contributed by atoms with Gasteiger partial charge in [0.25, 0.3) is 0 Å². The van der Waals surface area contributed by atoms with Crippen molar-refractivity contribution >= 4 is 0 Å². The molecule has 1 N–H and O–H groups in total. The third kappa shape index (κ3) is 3.36. The molecule has 1 aromatic heterocycles. The van der Waals surface area contributed by atoms with Crippen molar-refractivity contribution < 1.29 is 4.74 Å². The molecule has 1 atom stereocenters. The molecule has 20 heavy (non-hydrogen) atoms. The van der Waals surface area contributed by atoms with E-state index in [9.17, 15) is 0 Å². The largest absolute Gasteiger partial charge is 0.497 e. The molecular formula is C17H22N2O. The van der Waals surface area contributed by atoms with E-state index in [0.29, 0.717) is 0 Å². The summed E-state index contributed by atoms with van der Waals surface area (Å²) in [5.74, 6) is 0.882. The molecule has 0 aliphatic carbocycles. The van der Waals surface area contributed by atoms with Crippen LogP contribution >= 0.6 is 0 Å². The zero-order valence-electron chi connectivity index (χ0n) is 12.4. The van der Waals surface area contributed by atoms with Crippen LogP contribution in [0.1, 0.15) is 36.1 Å². The summed E-state index contributed by atoms with van der Waals surface area (Å²) in [5, 5.41) is 3.60. The summed E-state index contributed by atoms with van der Waals surface area (Å²) in [5.41, 5.74) is 3.67. The lowest BCUT2D eigenvalue weighted by molar-refractivity contribution is 0.413. The number of hydrogen-bond donors (Lipinski definition) is 1. The average molecular weight is 270 g/mol. The van der Waals surface area contributed by atoms with E-state index in [1.165, 1.54) is 16.7 Å². The van der Waals surface area contributed by atoms with Crippen molar-refractivity contribution in [1.82, 2.24) is 10.3 Å². The van der Waals surface area contributed by atoms with Gasteiger partial charge in [0.2, 0.25) is 0 Å². The molecule has 3 heteroatoms. The second-order valence-corrected chi connectivity index (χ2v) is 4.90. The quantitative estimate of drug-likeness (QED) is 0.872. The number of nitrogens with zero attached hydrogens (tertiary/aromatic N) is 1. The van der Waals surface area contributed by atoms with Gasteiger partial charge in [-0.2, -0.15) is 0 Å². The van der Waals surface area contributed by atoms with Crippen LogP contribution in [0.3, 0.4) is 0 Å². The Balaban J connectivity index is 2.38. The lowest BCUT2D eigenvalue weighted by atomic mass is 9.96. The van der Waals surface area contributed by atoms with Gasteiger partial charge < -0.3 is 10.1 Å². The van der Waals surface area contributed by atoms with Crippen molar-refractivity contribution in [2.24, 2.45) is 0 Å². The fourth-order valence-corrected chi connectivity index (χ4v) is 2.30. The Hall–Kier alpha value is -1.87. The van der Waals surface area contributed by atoms with E-state index in [1.807, 2.05) is 24.5 Å². The molecule has 1 heterocycles. The number of aromatic nitrogens is 1. The first-order valence-electron chi connectivity index (χ1n) is 7.04. The van der Waals surface area contributed by atoms with Crippen molar-refractivity contribution in [3.63, 3.8) is 0 Å². The fourth-order valence-electron chi connectivity index (χ4n) is 2.30. The van der Waals surface area contributed by atoms with Crippen molar-refractivity contribution in [3.05, 3.63) is 59.4 Å². The molecule has 106 valence electrons. The predicted molar refractivity (Wildman–Crippen MR) is 82.1 cm³/mol. The van der Waals surface area contributed by atoms with Gasteiger partial charge in [0.05, 0.1) is 13.2 Å². The summed E-state index contributed by atoms with van der Waals surface area (Å²) in [4.78, 5) is 4.27. The topological polar surface area (TPSA) is 34.1 Å². The van der Waals surface area contributed by atoms with Crippen LogP contribution < -0.4 is 10.1 Å². The standard InChI is InChI=1S/C17H22N2O/c1-4-9-19-17(16-12-18-10-8-13(16)2)14-6-5-7-15(11-14)20-3/h5-8,10-12,17,19H,4,9H2,1-3H3. The highest BCUT2D eigenvalue weighted by molar-refractivity contribution is 5.38. The van der Waals surface area contributed by atoms with Crippen LogP contribution in [0.15, 0.2) is 42.7 Å². The third-order valence-corrected chi connectivity index (χ3v) is 3.42. The number of pyridine rings is 1. The number of rotatable bonds is 6. The van der Waals surface area contributed by atoms with Gasteiger partial charge in [0, 0.05) is 12.4 Å². The Morgan fingerprint density at radius 1 is 1.30 bits per heavy atom. The van der Waals surface area contributed by atoms with Gasteiger partial charge in [-0.25, -0.2) is 0 Å². The SMILES string of the molecule is CCCNC(c1cccc(OC)c1)c1cnccc1C. The zero-order valence-corrected chi connectivity index (χ0v) is 12.4. The molecular weight excluding hydrogens is 248 g/mol. The minimum absolute atomic E-state index is 0.152. The minimum atomic E-state index is 0.152. The molecule has 0 spiro atoms. The molecule has 0 saturated carbocycles. The maximum atomic E-state index is 5.33. The van der Waals surface area contributed by atoms with Gasteiger partial charge in [-0.3, -0.25) is 4.98 Å². The molecule has 1 aromatic carbocycles. The molecule has 0 saturated heterocycles. The van der Waals surface area contributed by atoms with E-state index in [1.54, 1.807) is 7.11 Å². The van der Waals surface area contributed by atoms with Gasteiger partial charge >= 0.3 is 0 Å².